The van der Waals surface area contributed by atoms with E-state index in [1.807, 2.05) is 19.9 Å². The van der Waals surface area contributed by atoms with Gasteiger partial charge in [0.25, 0.3) is 0 Å². The van der Waals surface area contributed by atoms with Crippen molar-refractivity contribution in [3.63, 3.8) is 0 Å². The van der Waals surface area contributed by atoms with E-state index in [1.54, 1.807) is 0 Å². The zero-order valence-electron chi connectivity index (χ0n) is 13.0. The lowest BCUT2D eigenvalue weighted by molar-refractivity contribution is -0.121. The molecule has 1 aromatic rings. The van der Waals surface area contributed by atoms with Crippen molar-refractivity contribution in [3.8, 4) is 0 Å². The highest BCUT2D eigenvalue weighted by molar-refractivity contribution is 5.85. The van der Waals surface area contributed by atoms with Crippen molar-refractivity contribution in [3.05, 3.63) is 17.6 Å². The zero-order valence-corrected chi connectivity index (χ0v) is 14.7. The van der Waals surface area contributed by atoms with Gasteiger partial charge in [-0.3, -0.25) is 4.79 Å². The van der Waals surface area contributed by atoms with E-state index >= 15 is 0 Å². The maximum atomic E-state index is 11.5. The lowest BCUT2D eigenvalue weighted by atomic mass is 10.0. The van der Waals surface area contributed by atoms with Crippen LogP contribution in [-0.2, 0) is 4.79 Å². The Bertz CT molecular complexity index is 458. The minimum absolute atomic E-state index is 0. The van der Waals surface area contributed by atoms with Crippen LogP contribution in [0.1, 0.15) is 30.8 Å². The molecule has 1 amide bonds. The number of aromatic nitrogens is 2. The summed E-state index contributed by atoms with van der Waals surface area (Å²) in [4.78, 5) is 22.6. The maximum Gasteiger partial charge on any atom is 0.221 e. The molecular weight excluding hydrogens is 325 g/mol. The van der Waals surface area contributed by atoms with Crippen molar-refractivity contribution in [1.82, 2.24) is 15.3 Å². The number of hydrogen-bond acceptors (Lipinski definition) is 5. The van der Waals surface area contributed by atoms with Gasteiger partial charge >= 0.3 is 0 Å². The van der Waals surface area contributed by atoms with E-state index < -0.39 is 0 Å². The Morgan fingerprint density at radius 1 is 1.32 bits per heavy atom. The first-order valence-corrected chi connectivity index (χ1v) is 7.15. The minimum atomic E-state index is 0. The summed E-state index contributed by atoms with van der Waals surface area (Å²) in [5.74, 6) is 1.85. The average Bonchev–Trinajstić information content (AvgIpc) is 2.38. The van der Waals surface area contributed by atoms with Crippen LogP contribution in [0.5, 0.6) is 0 Å². The lowest BCUT2D eigenvalue weighted by Crippen LogP contribution is -2.45. The van der Waals surface area contributed by atoms with Crippen LogP contribution in [0.4, 0.5) is 5.82 Å². The number of halogens is 2. The van der Waals surface area contributed by atoms with Crippen molar-refractivity contribution in [2.24, 2.45) is 5.73 Å². The zero-order chi connectivity index (χ0) is 14.5. The second-order valence-corrected chi connectivity index (χ2v) is 5.28. The summed E-state index contributed by atoms with van der Waals surface area (Å²) >= 11 is 0. The normalized spacial score (nSPS) is 14.8. The summed E-state index contributed by atoms with van der Waals surface area (Å²) in [7, 11) is 0. The van der Waals surface area contributed by atoms with Crippen LogP contribution in [0.25, 0.3) is 0 Å². The van der Waals surface area contributed by atoms with Crippen LogP contribution in [0, 0.1) is 13.8 Å². The van der Waals surface area contributed by atoms with Crippen molar-refractivity contribution >= 4 is 36.5 Å². The number of rotatable bonds is 4. The number of anilines is 1. The number of aryl methyl sites for hydroxylation is 2. The molecule has 0 radical (unpaired) electrons. The molecule has 0 bridgehead atoms. The fourth-order valence-electron chi connectivity index (χ4n) is 2.54. The Morgan fingerprint density at radius 3 is 2.50 bits per heavy atom. The molecule has 126 valence electrons. The molecule has 0 atom stereocenters. The first kappa shape index (κ1) is 20.9. The molecule has 0 aliphatic carbocycles. The van der Waals surface area contributed by atoms with E-state index in [0.29, 0.717) is 13.0 Å². The van der Waals surface area contributed by atoms with Gasteiger partial charge in [-0.1, -0.05) is 0 Å². The number of amides is 1. The molecule has 0 aromatic carbocycles. The number of piperidine rings is 1. The van der Waals surface area contributed by atoms with Gasteiger partial charge in [-0.15, -0.1) is 24.8 Å². The largest absolute Gasteiger partial charge is 0.356 e. The predicted molar refractivity (Wildman–Crippen MR) is 93.1 cm³/mol. The van der Waals surface area contributed by atoms with Crippen molar-refractivity contribution in [2.45, 2.75) is 39.2 Å². The molecule has 2 rings (SSSR count). The Balaban J connectivity index is 0.00000220. The van der Waals surface area contributed by atoms with Crippen molar-refractivity contribution in [2.75, 3.05) is 24.5 Å². The van der Waals surface area contributed by atoms with E-state index in [0.717, 1.165) is 43.3 Å². The molecule has 1 aliphatic heterocycles. The van der Waals surface area contributed by atoms with Crippen LogP contribution in [-0.4, -0.2) is 41.6 Å². The van der Waals surface area contributed by atoms with Gasteiger partial charge in [0.1, 0.15) is 11.6 Å². The van der Waals surface area contributed by atoms with Crippen LogP contribution in [0.2, 0.25) is 0 Å². The molecule has 1 aliphatic rings. The molecule has 1 saturated heterocycles. The standard InChI is InChI=1S/C14H23N5O.2ClH/c1-10-9-13(17-11(2)16-10)19-7-4-12(5-8-19)18-14(20)3-6-15;;/h9,12H,3-8,15H2,1-2H3,(H,18,20);2*1H. The van der Waals surface area contributed by atoms with Gasteiger partial charge in [0.15, 0.2) is 0 Å². The van der Waals surface area contributed by atoms with Gasteiger partial charge in [0.05, 0.1) is 0 Å². The minimum Gasteiger partial charge on any atom is -0.356 e. The number of nitrogens with one attached hydrogen (secondary N) is 1. The molecule has 0 spiro atoms. The van der Waals surface area contributed by atoms with Crippen molar-refractivity contribution in [1.29, 1.82) is 0 Å². The van der Waals surface area contributed by atoms with Crippen LogP contribution < -0.4 is 16.0 Å². The average molecular weight is 350 g/mol. The van der Waals surface area contributed by atoms with Gasteiger partial charge in [-0.25, -0.2) is 9.97 Å². The predicted octanol–water partition coefficient (Wildman–Crippen LogP) is 1.37. The number of hydrogen-bond donors (Lipinski definition) is 2. The molecule has 8 heteroatoms. The van der Waals surface area contributed by atoms with Gasteiger partial charge in [-0.2, -0.15) is 0 Å². The molecule has 6 nitrogen and oxygen atoms in total. The SMILES string of the molecule is Cc1cc(N2CCC(NC(=O)CCN)CC2)nc(C)n1.Cl.Cl. The third-order valence-corrected chi connectivity index (χ3v) is 3.51. The third-order valence-electron chi connectivity index (χ3n) is 3.51. The molecule has 1 fully saturated rings. The van der Waals surface area contributed by atoms with E-state index in [9.17, 15) is 4.79 Å². The lowest BCUT2D eigenvalue weighted by Gasteiger charge is -2.33. The van der Waals surface area contributed by atoms with Crippen LogP contribution in [0.15, 0.2) is 6.07 Å². The smallest absolute Gasteiger partial charge is 0.221 e. The summed E-state index contributed by atoms with van der Waals surface area (Å²) in [6, 6.07) is 2.27. The Labute approximate surface area is 144 Å². The highest BCUT2D eigenvalue weighted by Gasteiger charge is 2.21. The molecule has 3 N–H and O–H groups in total. The quantitative estimate of drug-likeness (QED) is 0.857. The monoisotopic (exact) mass is 349 g/mol. The van der Waals surface area contributed by atoms with Gasteiger partial charge in [0, 0.05) is 43.9 Å². The molecular formula is C14H25Cl2N5O. The van der Waals surface area contributed by atoms with Crippen molar-refractivity contribution < 1.29 is 4.79 Å². The Kier molecular flexibility index (Phi) is 9.32. The van der Waals surface area contributed by atoms with E-state index in [4.69, 9.17) is 5.73 Å². The van der Waals surface area contributed by atoms with E-state index in [2.05, 4.69) is 20.2 Å². The third kappa shape index (κ3) is 5.94. The first-order chi connectivity index (χ1) is 9.58. The fraction of sp³-hybridized carbons (Fsp3) is 0.643. The number of carbonyl (C=O) groups is 1. The molecule has 1 aromatic heterocycles. The second-order valence-electron chi connectivity index (χ2n) is 5.28. The summed E-state index contributed by atoms with van der Waals surface area (Å²) in [6.07, 6.45) is 2.29. The highest BCUT2D eigenvalue weighted by Crippen LogP contribution is 2.18. The topological polar surface area (TPSA) is 84.1 Å². The van der Waals surface area contributed by atoms with Gasteiger partial charge in [0.2, 0.25) is 5.91 Å². The molecule has 2 heterocycles. The summed E-state index contributed by atoms with van der Waals surface area (Å²) in [5.41, 5.74) is 6.37. The van der Waals surface area contributed by atoms with Crippen LogP contribution >= 0.6 is 24.8 Å². The Morgan fingerprint density at radius 2 is 1.95 bits per heavy atom. The van der Waals surface area contributed by atoms with Crippen LogP contribution in [0.3, 0.4) is 0 Å². The number of carbonyl (C=O) groups excluding carboxylic acids is 1. The highest BCUT2D eigenvalue weighted by atomic mass is 35.5. The second kappa shape index (κ2) is 9.82. The summed E-state index contributed by atoms with van der Waals surface area (Å²) in [5, 5.41) is 3.04. The van der Waals surface area contributed by atoms with E-state index in [1.165, 1.54) is 0 Å². The fourth-order valence-corrected chi connectivity index (χ4v) is 2.54. The molecule has 0 saturated carbocycles. The number of nitrogens with two attached hydrogens (primary N) is 1. The van der Waals surface area contributed by atoms with Gasteiger partial charge < -0.3 is 16.0 Å². The van der Waals surface area contributed by atoms with E-state index in [-0.39, 0.29) is 36.8 Å². The maximum absolute atomic E-state index is 11.5. The summed E-state index contributed by atoms with van der Waals surface area (Å²) in [6.45, 7) is 6.12. The number of nitrogens with zero attached hydrogens (tertiary/aromatic N) is 3. The summed E-state index contributed by atoms with van der Waals surface area (Å²) < 4.78 is 0. The molecule has 0 unspecified atom stereocenters. The molecule has 22 heavy (non-hydrogen) atoms. The van der Waals surface area contributed by atoms with Gasteiger partial charge in [-0.05, 0) is 26.7 Å². The Hall–Kier alpha value is -1.11. The first-order valence-electron chi connectivity index (χ1n) is 7.15.